The SMILES string of the molecule is CSc1nc2n(n1)[C@@H](c1ccc(C)cc1)C1=C(N2)c2ccccc2O[C@@H]1c1ccccc1F. The van der Waals surface area contributed by atoms with E-state index in [1.54, 1.807) is 12.1 Å². The molecule has 0 amide bonds. The minimum Gasteiger partial charge on any atom is -0.480 e. The van der Waals surface area contributed by atoms with E-state index in [2.05, 4.69) is 36.5 Å². The number of rotatable bonds is 3. The molecule has 0 bridgehead atoms. The van der Waals surface area contributed by atoms with Gasteiger partial charge in [0.15, 0.2) is 6.10 Å². The number of thioether (sulfide) groups is 1. The molecule has 3 heterocycles. The number of fused-ring (bicyclic) bond motifs is 3. The smallest absolute Gasteiger partial charge is 0.227 e. The highest BCUT2D eigenvalue weighted by atomic mass is 32.2. The van der Waals surface area contributed by atoms with Gasteiger partial charge >= 0.3 is 0 Å². The minimum absolute atomic E-state index is 0.300. The largest absolute Gasteiger partial charge is 0.480 e. The highest BCUT2D eigenvalue weighted by Gasteiger charge is 2.42. The summed E-state index contributed by atoms with van der Waals surface area (Å²) in [5.41, 5.74) is 5.43. The predicted octanol–water partition coefficient (Wildman–Crippen LogP) is 6.01. The quantitative estimate of drug-likeness (QED) is 0.383. The van der Waals surface area contributed by atoms with Crippen LogP contribution in [-0.4, -0.2) is 21.0 Å². The predicted molar refractivity (Wildman–Crippen MR) is 128 cm³/mol. The summed E-state index contributed by atoms with van der Waals surface area (Å²) in [4.78, 5) is 4.70. The van der Waals surface area contributed by atoms with Gasteiger partial charge in [-0.2, -0.15) is 4.98 Å². The number of aromatic nitrogens is 3. The van der Waals surface area contributed by atoms with E-state index in [0.29, 0.717) is 22.4 Å². The first kappa shape index (κ1) is 20.1. The van der Waals surface area contributed by atoms with E-state index in [1.165, 1.54) is 23.4 Å². The van der Waals surface area contributed by atoms with Gasteiger partial charge in [0, 0.05) is 16.7 Å². The van der Waals surface area contributed by atoms with Crippen LogP contribution in [0.1, 0.15) is 34.4 Å². The molecule has 7 heteroatoms. The first-order chi connectivity index (χ1) is 16.1. The van der Waals surface area contributed by atoms with Crippen LogP contribution in [0.15, 0.2) is 83.5 Å². The summed E-state index contributed by atoms with van der Waals surface area (Å²) in [6, 6.07) is 22.7. The fourth-order valence-corrected chi connectivity index (χ4v) is 4.91. The summed E-state index contributed by atoms with van der Waals surface area (Å²) in [6.07, 6.45) is 1.33. The number of nitrogens with zero attached hydrogens (tertiary/aromatic N) is 3. The van der Waals surface area contributed by atoms with Crippen molar-refractivity contribution in [2.45, 2.75) is 24.2 Å². The molecule has 1 aromatic heterocycles. The van der Waals surface area contributed by atoms with Crippen LogP contribution in [0, 0.1) is 12.7 Å². The van der Waals surface area contributed by atoms with E-state index < -0.39 is 6.10 Å². The molecule has 33 heavy (non-hydrogen) atoms. The van der Waals surface area contributed by atoms with Crippen molar-refractivity contribution < 1.29 is 9.13 Å². The molecule has 0 saturated carbocycles. The van der Waals surface area contributed by atoms with Crippen molar-refractivity contribution in [1.82, 2.24) is 14.8 Å². The zero-order chi connectivity index (χ0) is 22.5. The van der Waals surface area contributed by atoms with Gasteiger partial charge in [-0.1, -0.05) is 71.9 Å². The van der Waals surface area contributed by atoms with E-state index >= 15 is 4.39 Å². The van der Waals surface area contributed by atoms with Gasteiger partial charge in [0.2, 0.25) is 11.1 Å². The second kappa shape index (κ2) is 7.78. The van der Waals surface area contributed by atoms with E-state index in [-0.39, 0.29) is 11.9 Å². The maximum Gasteiger partial charge on any atom is 0.227 e. The molecule has 3 aromatic carbocycles. The number of aryl methyl sites for hydroxylation is 1. The summed E-state index contributed by atoms with van der Waals surface area (Å²) in [5, 5.41) is 8.94. The molecule has 0 aliphatic carbocycles. The average Bonchev–Trinajstić information content (AvgIpc) is 3.26. The van der Waals surface area contributed by atoms with Crippen molar-refractivity contribution in [2.75, 3.05) is 11.6 Å². The van der Waals surface area contributed by atoms with Gasteiger partial charge in [0.25, 0.3) is 0 Å². The Morgan fingerprint density at radius 1 is 1.00 bits per heavy atom. The van der Waals surface area contributed by atoms with Crippen LogP contribution in [0.4, 0.5) is 10.3 Å². The van der Waals surface area contributed by atoms with Crippen LogP contribution in [0.2, 0.25) is 0 Å². The van der Waals surface area contributed by atoms with Gasteiger partial charge in [-0.25, -0.2) is 9.07 Å². The lowest BCUT2D eigenvalue weighted by atomic mass is 9.84. The summed E-state index contributed by atoms with van der Waals surface area (Å²) < 4.78 is 23.5. The van der Waals surface area contributed by atoms with Gasteiger partial charge < -0.3 is 10.1 Å². The molecule has 0 radical (unpaired) electrons. The van der Waals surface area contributed by atoms with Crippen LogP contribution >= 0.6 is 11.8 Å². The van der Waals surface area contributed by atoms with Gasteiger partial charge in [-0.05, 0) is 36.9 Å². The Kier molecular flexibility index (Phi) is 4.73. The fourth-order valence-electron chi connectivity index (χ4n) is 4.56. The van der Waals surface area contributed by atoms with E-state index in [1.807, 2.05) is 41.3 Å². The van der Waals surface area contributed by atoms with Crippen molar-refractivity contribution in [1.29, 1.82) is 0 Å². The van der Waals surface area contributed by atoms with E-state index in [0.717, 1.165) is 22.4 Å². The molecule has 2 aliphatic rings. The summed E-state index contributed by atoms with van der Waals surface area (Å²) >= 11 is 1.49. The Labute approximate surface area is 195 Å². The van der Waals surface area contributed by atoms with Crippen molar-refractivity contribution >= 4 is 23.4 Å². The first-order valence-electron chi connectivity index (χ1n) is 10.7. The highest BCUT2D eigenvalue weighted by Crippen LogP contribution is 2.51. The number of halogens is 1. The van der Waals surface area contributed by atoms with Crippen LogP contribution in [0.5, 0.6) is 5.75 Å². The minimum atomic E-state index is -0.620. The lowest BCUT2D eigenvalue weighted by molar-refractivity contribution is 0.218. The number of nitrogens with one attached hydrogen (secondary N) is 1. The lowest BCUT2D eigenvalue weighted by Gasteiger charge is -2.39. The summed E-state index contributed by atoms with van der Waals surface area (Å²) in [7, 11) is 0. The summed E-state index contributed by atoms with van der Waals surface area (Å²) in [6.45, 7) is 2.06. The fraction of sp³-hybridized carbons (Fsp3) is 0.154. The molecule has 0 unspecified atom stereocenters. The summed E-state index contributed by atoms with van der Waals surface area (Å²) in [5.74, 6) is 1.07. The molecule has 6 rings (SSSR count). The molecular formula is C26H21FN4OS. The van der Waals surface area contributed by atoms with Crippen molar-refractivity contribution in [3.63, 3.8) is 0 Å². The van der Waals surface area contributed by atoms with Crippen molar-refractivity contribution in [3.05, 3.63) is 106 Å². The number of benzene rings is 3. The number of ether oxygens (including phenoxy) is 1. The Morgan fingerprint density at radius 3 is 2.55 bits per heavy atom. The maximum absolute atomic E-state index is 15.1. The molecule has 1 N–H and O–H groups in total. The Bertz CT molecular complexity index is 1400. The zero-order valence-corrected chi connectivity index (χ0v) is 18.9. The Hall–Kier alpha value is -3.58. The normalized spacial score (nSPS) is 18.6. The molecule has 0 saturated heterocycles. The lowest BCUT2D eigenvalue weighted by Crippen LogP contribution is -2.32. The van der Waals surface area contributed by atoms with E-state index in [9.17, 15) is 0 Å². The van der Waals surface area contributed by atoms with Crippen molar-refractivity contribution in [2.24, 2.45) is 0 Å². The second-order valence-electron chi connectivity index (χ2n) is 8.15. The zero-order valence-electron chi connectivity index (χ0n) is 18.1. The maximum atomic E-state index is 15.1. The highest BCUT2D eigenvalue weighted by molar-refractivity contribution is 7.98. The number of anilines is 1. The first-order valence-corrected chi connectivity index (χ1v) is 11.9. The van der Waals surface area contributed by atoms with Gasteiger partial charge in [-0.3, -0.25) is 0 Å². The van der Waals surface area contributed by atoms with Gasteiger partial charge in [-0.15, -0.1) is 5.10 Å². The Balaban J connectivity index is 1.65. The molecular weight excluding hydrogens is 435 g/mol. The molecule has 0 spiro atoms. The van der Waals surface area contributed by atoms with Crippen LogP contribution in [-0.2, 0) is 0 Å². The molecule has 0 fully saturated rings. The molecule has 2 aliphatic heterocycles. The molecule has 2 atom stereocenters. The number of para-hydroxylation sites is 1. The third kappa shape index (κ3) is 3.23. The molecule has 5 nitrogen and oxygen atoms in total. The third-order valence-electron chi connectivity index (χ3n) is 6.12. The van der Waals surface area contributed by atoms with Crippen molar-refractivity contribution in [3.8, 4) is 5.75 Å². The monoisotopic (exact) mass is 456 g/mol. The molecule has 164 valence electrons. The topological polar surface area (TPSA) is 52.0 Å². The van der Waals surface area contributed by atoms with Gasteiger partial charge in [0.1, 0.15) is 17.6 Å². The van der Waals surface area contributed by atoms with Crippen LogP contribution < -0.4 is 10.1 Å². The second-order valence-corrected chi connectivity index (χ2v) is 8.92. The Morgan fingerprint density at radius 2 is 1.76 bits per heavy atom. The van der Waals surface area contributed by atoms with Crippen LogP contribution in [0.25, 0.3) is 5.70 Å². The van der Waals surface area contributed by atoms with E-state index in [4.69, 9.17) is 14.8 Å². The number of hydrogen-bond donors (Lipinski definition) is 1. The third-order valence-corrected chi connectivity index (χ3v) is 6.66. The molecule has 4 aromatic rings. The average molecular weight is 457 g/mol. The standard InChI is InChI=1S/C26H21FN4OS/c1-15-11-13-16(14-12-15)23-21-22(28-25-29-26(33-2)30-31(23)25)18-8-4-6-10-20(18)32-24(21)17-7-3-5-9-19(17)27/h3-14,23-24H,1-2H3,(H,28,29,30)/t23-,24+/m0/s1. The van der Waals surface area contributed by atoms with Gasteiger partial charge in [0.05, 0.1) is 5.70 Å². The number of hydrogen-bond acceptors (Lipinski definition) is 5. The van der Waals surface area contributed by atoms with Crippen LogP contribution in [0.3, 0.4) is 0 Å².